The summed E-state index contributed by atoms with van der Waals surface area (Å²) in [4.78, 5) is 12.7. The fraction of sp³-hybridized carbons (Fsp3) is 0.438. The van der Waals surface area contributed by atoms with Crippen LogP contribution < -0.4 is 14.9 Å². The molecule has 112 valence electrons. The number of aliphatic hydroxyl groups is 1. The lowest BCUT2D eigenvalue weighted by molar-refractivity contribution is -0.0252. The lowest BCUT2D eigenvalue weighted by atomic mass is 9.97. The lowest BCUT2D eigenvalue weighted by Crippen LogP contribution is -2.39. The van der Waals surface area contributed by atoms with E-state index in [1.165, 1.54) is 0 Å². The van der Waals surface area contributed by atoms with E-state index in [0.717, 1.165) is 0 Å². The van der Waals surface area contributed by atoms with Crippen LogP contribution in [-0.4, -0.2) is 28.5 Å². The molecule has 3 rings (SSSR count). The van der Waals surface area contributed by atoms with Gasteiger partial charge in [-0.25, -0.2) is 0 Å². The summed E-state index contributed by atoms with van der Waals surface area (Å²) < 4.78 is 13.0. The van der Waals surface area contributed by atoms with E-state index in [9.17, 15) is 9.90 Å². The van der Waals surface area contributed by atoms with Gasteiger partial charge < -0.3 is 19.1 Å². The number of fused-ring (bicyclic) bond motifs is 2. The van der Waals surface area contributed by atoms with Crippen molar-refractivity contribution in [2.75, 3.05) is 7.11 Å². The number of ether oxygens (including phenoxy) is 2. The molecular formula is C16H19NO4. The van der Waals surface area contributed by atoms with E-state index >= 15 is 0 Å². The molecule has 0 bridgehead atoms. The van der Waals surface area contributed by atoms with Gasteiger partial charge in [0.05, 0.1) is 23.8 Å². The summed E-state index contributed by atoms with van der Waals surface area (Å²) in [7, 11) is 3.42. The number of methoxy groups -OCH3 is 1. The Morgan fingerprint density at radius 1 is 1.43 bits per heavy atom. The summed E-state index contributed by atoms with van der Waals surface area (Å²) in [5.41, 5.74) is 0.267. The van der Waals surface area contributed by atoms with Gasteiger partial charge >= 0.3 is 0 Å². The number of pyridine rings is 1. The largest absolute Gasteiger partial charge is 0.495 e. The Kier molecular flexibility index (Phi) is 2.99. The summed E-state index contributed by atoms with van der Waals surface area (Å²) in [6.07, 6.45) is -0.00670. The zero-order valence-electron chi connectivity index (χ0n) is 12.6. The van der Waals surface area contributed by atoms with Crippen molar-refractivity contribution in [3.8, 4) is 11.6 Å². The van der Waals surface area contributed by atoms with Gasteiger partial charge in [0.15, 0.2) is 5.43 Å². The van der Waals surface area contributed by atoms with Gasteiger partial charge in [0.25, 0.3) is 0 Å². The number of aryl methyl sites for hydroxylation is 1. The van der Waals surface area contributed by atoms with Gasteiger partial charge in [-0.15, -0.1) is 0 Å². The van der Waals surface area contributed by atoms with Crippen molar-refractivity contribution in [1.29, 1.82) is 0 Å². The first-order valence-electron chi connectivity index (χ1n) is 6.92. The van der Waals surface area contributed by atoms with Gasteiger partial charge in [0, 0.05) is 18.9 Å². The van der Waals surface area contributed by atoms with E-state index in [2.05, 4.69) is 0 Å². The second-order valence-corrected chi connectivity index (χ2v) is 5.99. The Labute approximate surface area is 122 Å². The smallest absolute Gasteiger partial charge is 0.201 e. The predicted octanol–water partition coefficient (Wildman–Crippen LogP) is 1.62. The van der Waals surface area contributed by atoms with Crippen molar-refractivity contribution in [3.63, 3.8) is 0 Å². The highest BCUT2D eigenvalue weighted by molar-refractivity contribution is 5.86. The van der Waals surface area contributed by atoms with Crippen LogP contribution in [0.5, 0.6) is 11.6 Å². The molecule has 1 aromatic carbocycles. The van der Waals surface area contributed by atoms with Crippen LogP contribution in [0.4, 0.5) is 0 Å². The van der Waals surface area contributed by atoms with E-state index in [1.807, 2.05) is 17.7 Å². The number of hydrogen-bond acceptors (Lipinski definition) is 4. The molecule has 0 radical (unpaired) electrons. The highest BCUT2D eigenvalue weighted by atomic mass is 16.5. The normalized spacial score (nSPS) is 17.7. The summed E-state index contributed by atoms with van der Waals surface area (Å²) in [5.74, 6) is 1.15. The molecule has 0 spiro atoms. The van der Waals surface area contributed by atoms with Crippen molar-refractivity contribution in [2.45, 2.75) is 32.0 Å². The molecule has 0 saturated carbocycles. The van der Waals surface area contributed by atoms with Gasteiger partial charge in [-0.2, -0.15) is 0 Å². The number of aromatic nitrogens is 1. The molecule has 5 heteroatoms. The second kappa shape index (κ2) is 4.49. The molecule has 1 aromatic heterocycles. The van der Waals surface area contributed by atoms with Gasteiger partial charge in [0.1, 0.15) is 11.9 Å². The zero-order valence-corrected chi connectivity index (χ0v) is 12.6. The fourth-order valence-electron chi connectivity index (χ4n) is 2.87. The van der Waals surface area contributed by atoms with Crippen LogP contribution in [0.25, 0.3) is 10.9 Å². The van der Waals surface area contributed by atoms with Gasteiger partial charge in [-0.3, -0.25) is 4.79 Å². The molecule has 0 aliphatic carbocycles. The Morgan fingerprint density at radius 2 is 2.14 bits per heavy atom. The third-order valence-electron chi connectivity index (χ3n) is 4.07. The van der Waals surface area contributed by atoms with Crippen molar-refractivity contribution in [3.05, 3.63) is 34.0 Å². The molecule has 1 N–H and O–H groups in total. The maximum absolute atomic E-state index is 12.7. The van der Waals surface area contributed by atoms with Crippen molar-refractivity contribution in [2.24, 2.45) is 7.05 Å². The highest BCUT2D eigenvalue weighted by Gasteiger charge is 2.38. The average molecular weight is 289 g/mol. The Hall–Kier alpha value is -2.01. The number of para-hydroxylation sites is 1. The number of rotatable bonds is 2. The van der Waals surface area contributed by atoms with Gasteiger partial charge in [0.2, 0.25) is 5.88 Å². The van der Waals surface area contributed by atoms with E-state index in [4.69, 9.17) is 9.47 Å². The Bertz CT molecular complexity index is 770. The van der Waals surface area contributed by atoms with Crippen LogP contribution in [0.2, 0.25) is 0 Å². The van der Waals surface area contributed by atoms with Crippen LogP contribution in [0, 0.1) is 0 Å². The standard InChI is InChI=1S/C16H19NO4/c1-16(2,19)12-8-10-14(18)9-6-5-7-11(20-4)13(9)17(3)15(10)21-12/h5-7,12,19H,8H2,1-4H3/t12-/m0/s1. The van der Waals surface area contributed by atoms with E-state index < -0.39 is 11.7 Å². The average Bonchev–Trinajstić information content (AvgIpc) is 2.89. The molecule has 1 atom stereocenters. The van der Waals surface area contributed by atoms with Gasteiger partial charge in [-0.05, 0) is 26.0 Å². The SMILES string of the molecule is COc1cccc2c(=O)c3c(n(C)c12)O[C@H](C(C)(C)O)C3. The molecule has 0 amide bonds. The van der Waals surface area contributed by atoms with Crippen molar-refractivity contribution < 1.29 is 14.6 Å². The zero-order chi connectivity index (χ0) is 15.4. The topological polar surface area (TPSA) is 60.7 Å². The minimum absolute atomic E-state index is 0.0521. The van der Waals surface area contributed by atoms with E-state index in [-0.39, 0.29) is 5.43 Å². The molecule has 0 saturated heterocycles. The molecule has 0 fully saturated rings. The quantitative estimate of drug-likeness (QED) is 0.912. The maximum atomic E-state index is 12.7. The minimum atomic E-state index is -1.01. The third kappa shape index (κ3) is 2.00. The molecule has 2 heterocycles. The third-order valence-corrected chi connectivity index (χ3v) is 4.07. The molecule has 2 aromatic rings. The van der Waals surface area contributed by atoms with Crippen molar-refractivity contribution in [1.82, 2.24) is 4.57 Å². The highest BCUT2D eigenvalue weighted by Crippen LogP contribution is 2.35. The monoisotopic (exact) mass is 289 g/mol. The van der Waals surface area contributed by atoms with E-state index in [1.54, 1.807) is 33.1 Å². The van der Waals surface area contributed by atoms with Crippen LogP contribution in [0.15, 0.2) is 23.0 Å². The molecular weight excluding hydrogens is 270 g/mol. The van der Waals surface area contributed by atoms with E-state index in [0.29, 0.717) is 34.5 Å². The first kappa shape index (κ1) is 13.9. The predicted molar refractivity (Wildman–Crippen MR) is 80.2 cm³/mol. The Morgan fingerprint density at radius 3 is 2.76 bits per heavy atom. The van der Waals surface area contributed by atoms with Gasteiger partial charge in [-0.1, -0.05) is 6.07 Å². The number of nitrogens with zero attached hydrogens (tertiary/aromatic N) is 1. The Balaban J connectivity index is 2.30. The first-order chi connectivity index (χ1) is 9.84. The second-order valence-electron chi connectivity index (χ2n) is 5.99. The fourth-order valence-corrected chi connectivity index (χ4v) is 2.87. The van der Waals surface area contributed by atoms with Crippen LogP contribution in [-0.2, 0) is 13.5 Å². The summed E-state index contributed by atoms with van der Waals surface area (Å²) in [6, 6.07) is 5.41. The maximum Gasteiger partial charge on any atom is 0.201 e. The van der Waals surface area contributed by atoms with Crippen LogP contribution >= 0.6 is 0 Å². The molecule has 21 heavy (non-hydrogen) atoms. The molecule has 1 aliphatic heterocycles. The summed E-state index contributed by atoms with van der Waals surface area (Å²) in [5, 5.41) is 10.8. The van der Waals surface area contributed by atoms with Crippen molar-refractivity contribution >= 4 is 10.9 Å². The first-order valence-corrected chi connectivity index (χ1v) is 6.92. The molecule has 5 nitrogen and oxygen atoms in total. The minimum Gasteiger partial charge on any atom is -0.495 e. The number of benzene rings is 1. The summed E-state index contributed by atoms with van der Waals surface area (Å²) in [6.45, 7) is 3.38. The van der Waals surface area contributed by atoms with Crippen LogP contribution in [0.1, 0.15) is 19.4 Å². The summed E-state index contributed by atoms with van der Waals surface area (Å²) >= 11 is 0. The number of hydrogen-bond donors (Lipinski definition) is 1. The lowest BCUT2D eigenvalue weighted by Gasteiger charge is -2.24. The molecule has 0 unspecified atom stereocenters. The van der Waals surface area contributed by atoms with Crippen LogP contribution in [0.3, 0.4) is 0 Å². The molecule has 1 aliphatic rings.